The van der Waals surface area contributed by atoms with Crippen molar-refractivity contribution in [3.05, 3.63) is 50.3 Å². The Hall–Kier alpha value is -1.56. The van der Waals surface area contributed by atoms with E-state index in [-0.39, 0.29) is 22.2 Å². The largest absolute Gasteiger partial charge is 0.464 e. The van der Waals surface area contributed by atoms with Crippen LogP contribution >= 0.6 is 34.8 Å². The zero-order valence-electron chi connectivity index (χ0n) is 14.0. The van der Waals surface area contributed by atoms with Gasteiger partial charge >= 0.3 is 5.97 Å². The number of carbonyl (C=O) groups is 1. The summed E-state index contributed by atoms with van der Waals surface area (Å²) in [5.74, 6) is 0.755. The lowest BCUT2D eigenvalue weighted by Gasteiger charge is -2.21. The second-order valence-corrected chi connectivity index (χ2v) is 7.91. The third kappa shape index (κ3) is 3.24. The van der Waals surface area contributed by atoms with Gasteiger partial charge in [-0.05, 0) is 43.4 Å². The molecule has 1 heterocycles. The third-order valence-electron chi connectivity index (χ3n) is 4.74. The lowest BCUT2D eigenvalue weighted by atomic mass is 10.0. The lowest BCUT2D eigenvalue weighted by molar-refractivity contribution is 0.0593. The smallest absolute Gasteiger partial charge is 0.358 e. The van der Waals surface area contributed by atoms with E-state index in [4.69, 9.17) is 39.5 Å². The van der Waals surface area contributed by atoms with E-state index in [1.54, 1.807) is 6.07 Å². The molecule has 2 fully saturated rings. The SMILES string of the molecule is COC(=O)c1nc(C2CC2)nc(NC2(c3ccc(Cl)cc3Cl)CC2)c1Cl. The Morgan fingerprint density at radius 3 is 2.54 bits per heavy atom. The molecule has 1 aromatic heterocycles. The summed E-state index contributed by atoms with van der Waals surface area (Å²) >= 11 is 18.8. The van der Waals surface area contributed by atoms with Gasteiger partial charge in [0.05, 0.1) is 12.6 Å². The van der Waals surface area contributed by atoms with Gasteiger partial charge in [-0.2, -0.15) is 0 Å². The number of carbonyl (C=O) groups excluding carboxylic acids is 1. The number of nitrogens with zero attached hydrogens (tertiary/aromatic N) is 2. The fraction of sp³-hybridized carbons (Fsp3) is 0.389. The molecule has 8 heteroatoms. The summed E-state index contributed by atoms with van der Waals surface area (Å²) in [5.41, 5.74) is 0.658. The van der Waals surface area contributed by atoms with Crippen molar-refractivity contribution < 1.29 is 9.53 Å². The molecule has 2 aliphatic rings. The molecule has 0 radical (unpaired) electrons. The minimum atomic E-state index is -0.572. The van der Waals surface area contributed by atoms with E-state index in [2.05, 4.69) is 15.3 Å². The first kappa shape index (κ1) is 17.8. The third-order valence-corrected chi connectivity index (χ3v) is 5.65. The topological polar surface area (TPSA) is 64.1 Å². The summed E-state index contributed by atoms with van der Waals surface area (Å²) in [5, 5.41) is 4.73. The van der Waals surface area contributed by atoms with Crippen molar-refractivity contribution in [1.29, 1.82) is 0 Å². The molecule has 0 unspecified atom stereocenters. The van der Waals surface area contributed by atoms with Crippen LogP contribution in [0.15, 0.2) is 18.2 Å². The number of rotatable bonds is 5. The van der Waals surface area contributed by atoms with Crippen LogP contribution < -0.4 is 5.32 Å². The molecule has 2 aromatic rings. The molecule has 0 saturated heterocycles. The van der Waals surface area contributed by atoms with Gasteiger partial charge in [-0.1, -0.05) is 40.9 Å². The van der Waals surface area contributed by atoms with Crippen LogP contribution in [0, 0.1) is 0 Å². The second-order valence-electron chi connectivity index (χ2n) is 6.69. The van der Waals surface area contributed by atoms with Crippen LogP contribution in [0.2, 0.25) is 15.1 Å². The van der Waals surface area contributed by atoms with E-state index < -0.39 is 5.97 Å². The zero-order valence-corrected chi connectivity index (χ0v) is 16.3. The first-order valence-corrected chi connectivity index (χ1v) is 9.46. The number of aromatic nitrogens is 2. The van der Waals surface area contributed by atoms with Crippen LogP contribution in [0.3, 0.4) is 0 Å². The fourth-order valence-electron chi connectivity index (χ4n) is 2.99. The molecule has 0 amide bonds. The molecular weight excluding hydrogens is 397 g/mol. The number of ether oxygens (including phenoxy) is 1. The average molecular weight is 413 g/mol. The molecule has 2 aliphatic carbocycles. The van der Waals surface area contributed by atoms with Gasteiger partial charge in [0.2, 0.25) is 0 Å². The molecule has 136 valence electrons. The van der Waals surface area contributed by atoms with Crippen molar-refractivity contribution in [3.8, 4) is 0 Å². The second kappa shape index (κ2) is 6.55. The van der Waals surface area contributed by atoms with Crippen molar-refractivity contribution in [2.75, 3.05) is 12.4 Å². The van der Waals surface area contributed by atoms with E-state index in [0.29, 0.717) is 21.7 Å². The van der Waals surface area contributed by atoms with E-state index in [1.807, 2.05) is 12.1 Å². The molecule has 0 bridgehead atoms. The molecule has 1 N–H and O–H groups in total. The summed E-state index contributed by atoms with van der Waals surface area (Å²) in [6, 6.07) is 5.43. The average Bonchev–Trinajstić information content (AvgIpc) is 3.51. The van der Waals surface area contributed by atoms with Crippen LogP contribution in [-0.2, 0) is 10.3 Å². The highest BCUT2D eigenvalue weighted by atomic mass is 35.5. The van der Waals surface area contributed by atoms with Gasteiger partial charge in [0, 0.05) is 16.0 Å². The van der Waals surface area contributed by atoms with Crippen molar-refractivity contribution in [2.24, 2.45) is 0 Å². The van der Waals surface area contributed by atoms with Gasteiger partial charge < -0.3 is 10.1 Å². The Kier molecular flexibility index (Phi) is 4.49. The van der Waals surface area contributed by atoms with Crippen LogP contribution in [0.25, 0.3) is 0 Å². The van der Waals surface area contributed by atoms with Gasteiger partial charge in [-0.15, -0.1) is 0 Å². The van der Waals surface area contributed by atoms with E-state index in [0.717, 1.165) is 31.2 Å². The predicted octanol–water partition coefficient (Wildman–Crippen LogP) is 5.20. The molecule has 1 aromatic carbocycles. The van der Waals surface area contributed by atoms with Crippen LogP contribution in [0.1, 0.15) is 53.5 Å². The van der Waals surface area contributed by atoms with Crippen LogP contribution in [0.5, 0.6) is 0 Å². The number of nitrogens with one attached hydrogen (secondary N) is 1. The first-order chi connectivity index (χ1) is 12.4. The lowest BCUT2D eigenvalue weighted by Crippen LogP contribution is -2.22. The van der Waals surface area contributed by atoms with Gasteiger partial charge in [-0.25, -0.2) is 14.8 Å². The van der Waals surface area contributed by atoms with Crippen molar-refractivity contribution in [1.82, 2.24) is 9.97 Å². The van der Waals surface area contributed by atoms with E-state index in [9.17, 15) is 4.79 Å². The van der Waals surface area contributed by atoms with Crippen molar-refractivity contribution in [2.45, 2.75) is 37.1 Å². The minimum Gasteiger partial charge on any atom is -0.464 e. The van der Waals surface area contributed by atoms with Crippen LogP contribution in [0.4, 0.5) is 5.82 Å². The molecule has 0 aliphatic heterocycles. The number of hydrogen-bond acceptors (Lipinski definition) is 5. The predicted molar refractivity (Wildman–Crippen MR) is 101 cm³/mol. The summed E-state index contributed by atoms with van der Waals surface area (Å²) in [4.78, 5) is 21.0. The minimum absolute atomic E-state index is 0.0894. The molecule has 0 spiro atoms. The first-order valence-electron chi connectivity index (χ1n) is 8.33. The molecular formula is C18H16Cl3N3O2. The summed E-state index contributed by atoms with van der Waals surface area (Å²) in [6.45, 7) is 0. The fourth-order valence-corrected chi connectivity index (χ4v) is 3.79. The quantitative estimate of drug-likeness (QED) is 0.684. The van der Waals surface area contributed by atoms with Crippen molar-refractivity contribution in [3.63, 3.8) is 0 Å². The highest BCUT2D eigenvalue weighted by Gasteiger charge is 2.47. The molecule has 4 rings (SSSR count). The Morgan fingerprint density at radius 2 is 1.96 bits per heavy atom. The number of anilines is 1. The van der Waals surface area contributed by atoms with E-state index in [1.165, 1.54) is 7.11 Å². The monoisotopic (exact) mass is 411 g/mol. The Morgan fingerprint density at radius 1 is 1.23 bits per heavy atom. The standard InChI is InChI=1S/C18H16Cl3N3O2/c1-26-17(25)14-13(21)16(23-15(22-14)9-2-3-9)24-18(6-7-18)11-5-4-10(19)8-12(11)20/h4-5,8-9H,2-3,6-7H2,1H3,(H,22,23,24). The van der Waals surface area contributed by atoms with Crippen LogP contribution in [-0.4, -0.2) is 23.0 Å². The highest BCUT2D eigenvalue weighted by molar-refractivity contribution is 6.36. The summed E-state index contributed by atoms with van der Waals surface area (Å²) in [6.07, 6.45) is 3.77. The van der Waals surface area contributed by atoms with Crippen molar-refractivity contribution >= 4 is 46.6 Å². The maximum atomic E-state index is 12.1. The Balaban J connectivity index is 1.73. The van der Waals surface area contributed by atoms with E-state index >= 15 is 0 Å². The molecule has 0 atom stereocenters. The highest BCUT2D eigenvalue weighted by Crippen LogP contribution is 2.51. The Labute approximate surface area is 166 Å². The number of esters is 1. The number of methoxy groups -OCH3 is 1. The summed E-state index contributed by atoms with van der Waals surface area (Å²) < 4.78 is 4.81. The number of hydrogen-bond donors (Lipinski definition) is 1. The van der Waals surface area contributed by atoms with Gasteiger partial charge in [-0.3, -0.25) is 0 Å². The zero-order chi connectivity index (χ0) is 18.5. The molecule has 2 saturated carbocycles. The number of benzene rings is 1. The maximum Gasteiger partial charge on any atom is 0.358 e. The molecule has 26 heavy (non-hydrogen) atoms. The summed E-state index contributed by atoms with van der Waals surface area (Å²) in [7, 11) is 1.31. The number of halogens is 3. The normalized spacial score (nSPS) is 17.7. The Bertz CT molecular complexity index is 895. The molecule has 5 nitrogen and oxygen atoms in total. The van der Waals surface area contributed by atoms with Gasteiger partial charge in [0.15, 0.2) is 5.69 Å². The van der Waals surface area contributed by atoms with Gasteiger partial charge in [0.25, 0.3) is 0 Å². The maximum absolute atomic E-state index is 12.1. The van der Waals surface area contributed by atoms with Gasteiger partial charge in [0.1, 0.15) is 16.7 Å².